The number of carbonyl (C=O) groups is 3. The Kier molecular flexibility index (Phi) is 5.03. The van der Waals surface area contributed by atoms with Crippen molar-refractivity contribution in [3.8, 4) is 0 Å². The van der Waals surface area contributed by atoms with Gasteiger partial charge < -0.3 is 5.32 Å². The predicted molar refractivity (Wildman–Crippen MR) is 124 cm³/mol. The second kappa shape index (κ2) is 8.01. The lowest BCUT2D eigenvalue weighted by Crippen LogP contribution is -2.38. The molecule has 0 spiro atoms. The lowest BCUT2D eigenvalue weighted by molar-refractivity contribution is -0.117. The smallest absolute Gasteiger partial charge is 0.261 e. The van der Waals surface area contributed by atoms with Gasteiger partial charge in [0.15, 0.2) is 0 Å². The maximum Gasteiger partial charge on any atom is 0.261 e. The average molecular weight is 442 g/mol. The van der Waals surface area contributed by atoms with Gasteiger partial charge in [-0.1, -0.05) is 42.0 Å². The molecule has 6 nitrogen and oxygen atoms in total. The number of thiophene rings is 1. The summed E-state index contributed by atoms with van der Waals surface area (Å²) in [6.45, 7) is 1.93. The first kappa shape index (κ1) is 20.1. The lowest BCUT2D eigenvalue weighted by Gasteiger charge is -2.22. The maximum atomic E-state index is 13.4. The number of aromatic nitrogens is 1. The molecule has 32 heavy (non-hydrogen) atoms. The molecule has 7 heteroatoms. The van der Waals surface area contributed by atoms with Gasteiger partial charge in [0.05, 0.1) is 26.7 Å². The first-order valence-corrected chi connectivity index (χ1v) is 11.0. The highest BCUT2D eigenvalue weighted by Gasteiger charge is 2.38. The second-order valence-corrected chi connectivity index (χ2v) is 8.83. The fourth-order valence-electron chi connectivity index (χ4n) is 3.88. The molecule has 0 saturated carbocycles. The van der Waals surface area contributed by atoms with E-state index in [-0.39, 0.29) is 24.3 Å². The van der Waals surface area contributed by atoms with Gasteiger partial charge in [0.2, 0.25) is 5.91 Å². The molecule has 4 aromatic rings. The zero-order chi connectivity index (χ0) is 22.2. The molecule has 1 atom stereocenters. The molecule has 0 unspecified atom stereocenters. The van der Waals surface area contributed by atoms with Crippen LogP contribution < -0.4 is 5.32 Å². The molecule has 0 bridgehead atoms. The number of carbonyl (C=O) groups excluding carboxylic acids is 3. The normalized spacial score (nSPS) is 14.0. The molecular formula is C25H19N3O3S. The van der Waals surface area contributed by atoms with Crippen LogP contribution in [0.15, 0.2) is 73.1 Å². The monoisotopic (exact) mass is 441 g/mol. The minimum absolute atomic E-state index is 0.0340. The van der Waals surface area contributed by atoms with Crippen molar-refractivity contribution in [3.63, 3.8) is 0 Å². The van der Waals surface area contributed by atoms with Crippen molar-refractivity contribution in [1.29, 1.82) is 0 Å². The van der Waals surface area contributed by atoms with Crippen LogP contribution >= 0.6 is 11.3 Å². The molecule has 0 saturated heterocycles. The third kappa shape index (κ3) is 3.56. The number of amides is 3. The second-order valence-electron chi connectivity index (χ2n) is 7.74. The summed E-state index contributed by atoms with van der Waals surface area (Å²) in [7, 11) is 0. The molecule has 3 amide bonds. The number of imide groups is 1. The average Bonchev–Trinajstić information content (AvgIpc) is 3.31. The summed E-state index contributed by atoms with van der Waals surface area (Å²) >= 11 is 1.43. The minimum atomic E-state index is -0.707. The Morgan fingerprint density at radius 1 is 1.03 bits per heavy atom. The molecule has 1 N–H and O–H groups in total. The number of aryl methyl sites for hydroxylation is 1. The number of fused-ring (bicyclic) bond motifs is 2. The van der Waals surface area contributed by atoms with Gasteiger partial charge >= 0.3 is 0 Å². The van der Waals surface area contributed by atoms with Gasteiger partial charge in [-0.3, -0.25) is 24.3 Å². The van der Waals surface area contributed by atoms with Crippen LogP contribution in [0, 0.1) is 6.92 Å². The third-order valence-electron chi connectivity index (χ3n) is 5.61. The van der Waals surface area contributed by atoms with E-state index in [9.17, 15) is 14.4 Å². The molecule has 158 valence electrons. The number of benzene rings is 2. The standard InChI is InChI=1S/C25H19N3O3S/c1-15-6-8-16(9-7-15)20(14-28-24(30)18-4-2-3-5-19(18)25(28)31)23(29)27-22-12-17-10-11-26-13-21(17)32-22/h2-13,20H,14H2,1H3,(H,27,29)/t20-/m1/s1. The molecule has 1 aliphatic rings. The molecule has 5 rings (SSSR count). The highest BCUT2D eigenvalue weighted by molar-refractivity contribution is 7.22. The summed E-state index contributed by atoms with van der Waals surface area (Å²) in [5.74, 6) is -1.72. The minimum Gasteiger partial charge on any atom is -0.317 e. The number of nitrogens with zero attached hydrogens (tertiary/aromatic N) is 2. The van der Waals surface area contributed by atoms with Crippen LogP contribution in [0.25, 0.3) is 10.1 Å². The third-order valence-corrected chi connectivity index (χ3v) is 6.61. The molecule has 0 fully saturated rings. The van der Waals surface area contributed by atoms with Crippen molar-refractivity contribution in [3.05, 3.63) is 95.3 Å². The first-order chi connectivity index (χ1) is 15.5. The summed E-state index contributed by atoms with van der Waals surface area (Å²) in [6.07, 6.45) is 3.46. The largest absolute Gasteiger partial charge is 0.317 e. The Morgan fingerprint density at radius 3 is 2.38 bits per heavy atom. The Hall–Kier alpha value is -3.84. The zero-order valence-corrected chi connectivity index (χ0v) is 18.1. The zero-order valence-electron chi connectivity index (χ0n) is 17.2. The van der Waals surface area contributed by atoms with Gasteiger partial charge in [0.1, 0.15) is 0 Å². The van der Waals surface area contributed by atoms with Gasteiger partial charge in [-0.25, -0.2) is 0 Å². The van der Waals surface area contributed by atoms with E-state index < -0.39 is 5.92 Å². The van der Waals surface area contributed by atoms with E-state index in [1.807, 2.05) is 43.3 Å². The predicted octanol–water partition coefficient (Wildman–Crippen LogP) is 4.62. The van der Waals surface area contributed by atoms with E-state index in [4.69, 9.17) is 0 Å². The van der Waals surface area contributed by atoms with Crippen molar-refractivity contribution >= 4 is 44.1 Å². The summed E-state index contributed by atoms with van der Waals surface area (Å²) in [5.41, 5.74) is 2.55. The van der Waals surface area contributed by atoms with Crippen LogP contribution in [-0.2, 0) is 4.79 Å². The molecule has 2 aromatic carbocycles. The molecular weight excluding hydrogens is 422 g/mol. The van der Waals surface area contributed by atoms with Crippen LogP contribution in [0.4, 0.5) is 5.00 Å². The van der Waals surface area contributed by atoms with Gasteiger partial charge in [-0.15, -0.1) is 11.3 Å². The van der Waals surface area contributed by atoms with Gasteiger partial charge in [-0.05, 0) is 42.1 Å². The van der Waals surface area contributed by atoms with Crippen LogP contribution in [0.3, 0.4) is 0 Å². The quantitative estimate of drug-likeness (QED) is 0.458. The van der Waals surface area contributed by atoms with E-state index >= 15 is 0 Å². The van der Waals surface area contributed by atoms with Crippen molar-refractivity contribution in [2.24, 2.45) is 0 Å². The molecule has 0 aliphatic carbocycles. The Morgan fingerprint density at radius 2 is 1.72 bits per heavy atom. The summed E-state index contributed by atoms with van der Waals surface area (Å²) < 4.78 is 0.968. The number of rotatable bonds is 5. The maximum absolute atomic E-state index is 13.4. The number of hydrogen-bond acceptors (Lipinski definition) is 5. The number of pyridine rings is 1. The van der Waals surface area contributed by atoms with Gasteiger partial charge in [0, 0.05) is 18.9 Å². The summed E-state index contributed by atoms with van der Waals surface area (Å²) in [6, 6.07) is 18.1. The van der Waals surface area contributed by atoms with Crippen LogP contribution in [0.2, 0.25) is 0 Å². The van der Waals surface area contributed by atoms with E-state index in [2.05, 4.69) is 10.3 Å². The summed E-state index contributed by atoms with van der Waals surface area (Å²) in [4.78, 5) is 44.5. The Balaban J connectivity index is 1.45. The van der Waals surface area contributed by atoms with Crippen LogP contribution in [0.5, 0.6) is 0 Å². The number of hydrogen-bond donors (Lipinski definition) is 1. The summed E-state index contributed by atoms with van der Waals surface area (Å²) in [5, 5.41) is 4.66. The SMILES string of the molecule is Cc1ccc([C@@H](CN2C(=O)c3ccccc3C2=O)C(=O)Nc2cc3ccncc3s2)cc1. The van der Waals surface area contributed by atoms with E-state index in [0.29, 0.717) is 16.1 Å². The molecule has 0 radical (unpaired) electrons. The highest BCUT2D eigenvalue weighted by atomic mass is 32.1. The topological polar surface area (TPSA) is 79.4 Å². The number of nitrogens with one attached hydrogen (secondary N) is 1. The fraction of sp³-hybridized carbons (Fsp3) is 0.120. The molecule has 1 aliphatic heterocycles. The highest BCUT2D eigenvalue weighted by Crippen LogP contribution is 2.31. The molecule has 3 heterocycles. The van der Waals surface area contributed by atoms with Gasteiger partial charge in [-0.2, -0.15) is 0 Å². The molecule has 2 aromatic heterocycles. The van der Waals surface area contributed by atoms with Crippen LogP contribution in [0.1, 0.15) is 37.8 Å². The van der Waals surface area contributed by atoms with E-state index in [0.717, 1.165) is 21.2 Å². The lowest BCUT2D eigenvalue weighted by atomic mass is 9.96. The fourth-order valence-corrected chi connectivity index (χ4v) is 4.81. The Labute approximate surface area is 188 Å². The first-order valence-electron chi connectivity index (χ1n) is 10.2. The van der Waals surface area contributed by atoms with E-state index in [1.165, 1.54) is 16.2 Å². The van der Waals surface area contributed by atoms with Crippen LogP contribution in [-0.4, -0.2) is 34.2 Å². The number of anilines is 1. The van der Waals surface area contributed by atoms with Crippen molar-refractivity contribution in [2.45, 2.75) is 12.8 Å². The Bertz CT molecular complexity index is 1290. The van der Waals surface area contributed by atoms with E-state index in [1.54, 1.807) is 36.7 Å². The van der Waals surface area contributed by atoms with Gasteiger partial charge in [0.25, 0.3) is 11.8 Å². The van der Waals surface area contributed by atoms with Crippen molar-refractivity contribution < 1.29 is 14.4 Å². The van der Waals surface area contributed by atoms with Crippen molar-refractivity contribution in [2.75, 3.05) is 11.9 Å². The van der Waals surface area contributed by atoms with Crippen molar-refractivity contribution in [1.82, 2.24) is 9.88 Å².